The van der Waals surface area contributed by atoms with Crippen molar-refractivity contribution >= 4 is 11.6 Å². The van der Waals surface area contributed by atoms with Gasteiger partial charge >= 0.3 is 0 Å². The average molecular weight is 236 g/mol. The maximum absolute atomic E-state index is 12.8. The summed E-state index contributed by atoms with van der Waals surface area (Å²) in [7, 11) is 0. The third kappa shape index (κ3) is 3.77. The maximum Gasteiger partial charge on any atom is 0.137 e. The number of benzene rings is 1. The number of hydrogen-bond acceptors (Lipinski definition) is 2. The molecule has 0 aliphatic rings. The highest BCUT2D eigenvalue weighted by molar-refractivity contribution is 5.91. The molecule has 1 rings (SSSR count). The van der Waals surface area contributed by atoms with Crippen molar-refractivity contribution in [2.45, 2.75) is 33.1 Å². The van der Waals surface area contributed by atoms with Gasteiger partial charge in [0.2, 0.25) is 0 Å². The van der Waals surface area contributed by atoms with Crippen LogP contribution in [0, 0.1) is 11.7 Å². The Bertz CT molecular complexity index is 407. The molecule has 3 heteroatoms. The minimum Gasteiger partial charge on any atom is -0.299 e. The maximum atomic E-state index is 12.8. The van der Waals surface area contributed by atoms with E-state index in [0.29, 0.717) is 5.56 Å². The third-order valence-electron chi connectivity index (χ3n) is 2.81. The van der Waals surface area contributed by atoms with Crippen molar-refractivity contribution in [2.75, 3.05) is 0 Å². The molecule has 92 valence electrons. The minimum absolute atomic E-state index is 0.0505. The fourth-order valence-corrected chi connectivity index (χ4v) is 1.63. The Kier molecular flexibility index (Phi) is 4.55. The van der Waals surface area contributed by atoms with Gasteiger partial charge in [-0.25, -0.2) is 4.39 Å². The molecule has 0 amide bonds. The number of rotatable bonds is 5. The van der Waals surface area contributed by atoms with E-state index in [1.807, 2.05) is 13.8 Å². The van der Waals surface area contributed by atoms with Crippen molar-refractivity contribution in [1.82, 2.24) is 0 Å². The summed E-state index contributed by atoms with van der Waals surface area (Å²) in [4.78, 5) is 23.2. The lowest BCUT2D eigenvalue weighted by molar-refractivity contribution is -0.126. The topological polar surface area (TPSA) is 34.1 Å². The largest absolute Gasteiger partial charge is 0.299 e. The predicted octanol–water partition coefficient (Wildman–Crippen LogP) is 3.11. The normalized spacial score (nSPS) is 12.5. The van der Waals surface area contributed by atoms with E-state index in [-0.39, 0.29) is 29.7 Å². The Morgan fingerprint density at radius 3 is 2.12 bits per heavy atom. The molecule has 1 atom stereocenters. The van der Waals surface area contributed by atoms with Crippen LogP contribution < -0.4 is 0 Å². The molecule has 0 saturated heterocycles. The molecular formula is C14H17FO2. The molecule has 0 aliphatic carbocycles. The fraction of sp³-hybridized carbons (Fsp3) is 0.429. The van der Waals surface area contributed by atoms with Gasteiger partial charge in [-0.05, 0) is 24.6 Å². The van der Waals surface area contributed by atoms with Crippen LogP contribution >= 0.6 is 0 Å². The van der Waals surface area contributed by atoms with Crippen molar-refractivity contribution in [1.29, 1.82) is 0 Å². The Morgan fingerprint density at radius 2 is 1.71 bits per heavy atom. The average Bonchev–Trinajstić information content (AvgIpc) is 2.26. The molecular weight excluding hydrogens is 219 g/mol. The molecule has 0 N–H and O–H groups in total. The molecule has 0 aromatic heterocycles. The van der Waals surface area contributed by atoms with Gasteiger partial charge in [0.15, 0.2) is 0 Å². The first-order valence-electron chi connectivity index (χ1n) is 5.70. The van der Waals surface area contributed by atoms with Gasteiger partial charge in [-0.2, -0.15) is 0 Å². The third-order valence-corrected chi connectivity index (χ3v) is 2.81. The molecule has 0 bridgehead atoms. The number of ketones is 2. The molecule has 0 aliphatic heterocycles. The zero-order valence-corrected chi connectivity index (χ0v) is 10.4. The summed E-state index contributed by atoms with van der Waals surface area (Å²) < 4.78 is 12.8. The number of halogens is 1. The summed E-state index contributed by atoms with van der Waals surface area (Å²) in [6.45, 7) is 5.08. The lowest BCUT2D eigenvalue weighted by Gasteiger charge is -2.14. The highest BCUT2D eigenvalue weighted by Gasteiger charge is 2.21. The van der Waals surface area contributed by atoms with E-state index in [1.54, 1.807) is 12.1 Å². The fourth-order valence-electron chi connectivity index (χ4n) is 1.63. The smallest absolute Gasteiger partial charge is 0.137 e. The van der Waals surface area contributed by atoms with Crippen molar-refractivity contribution in [2.24, 2.45) is 5.92 Å². The highest BCUT2D eigenvalue weighted by atomic mass is 19.1. The number of hydrogen-bond donors (Lipinski definition) is 0. The van der Waals surface area contributed by atoms with E-state index >= 15 is 0 Å². The molecule has 17 heavy (non-hydrogen) atoms. The quantitative estimate of drug-likeness (QED) is 0.787. The van der Waals surface area contributed by atoms with Crippen LogP contribution in [-0.4, -0.2) is 11.6 Å². The molecule has 0 radical (unpaired) electrons. The van der Waals surface area contributed by atoms with Gasteiger partial charge < -0.3 is 0 Å². The van der Waals surface area contributed by atoms with Crippen LogP contribution in [0.4, 0.5) is 4.39 Å². The van der Waals surface area contributed by atoms with Gasteiger partial charge in [0, 0.05) is 18.3 Å². The van der Waals surface area contributed by atoms with Crippen molar-refractivity contribution in [3.05, 3.63) is 35.6 Å². The van der Waals surface area contributed by atoms with Crippen molar-refractivity contribution in [3.8, 4) is 0 Å². The monoisotopic (exact) mass is 236 g/mol. The summed E-state index contributed by atoms with van der Waals surface area (Å²) in [5, 5.41) is 0. The Morgan fingerprint density at radius 1 is 1.18 bits per heavy atom. The first-order valence-corrected chi connectivity index (χ1v) is 5.70. The van der Waals surface area contributed by atoms with Crippen molar-refractivity contribution < 1.29 is 14.0 Å². The van der Waals surface area contributed by atoms with E-state index in [0.717, 1.165) is 0 Å². The molecule has 0 fully saturated rings. The summed E-state index contributed by atoms with van der Waals surface area (Å²) in [6.07, 6.45) is 0.193. The van der Waals surface area contributed by atoms with E-state index in [9.17, 15) is 14.0 Å². The van der Waals surface area contributed by atoms with E-state index < -0.39 is 5.92 Å². The van der Waals surface area contributed by atoms with Crippen molar-refractivity contribution in [3.63, 3.8) is 0 Å². The summed E-state index contributed by atoms with van der Waals surface area (Å²) in [5.41, 5.74) is 0.702. The molecule has 1 aromatic rings. The van der Waals surface area contributed by atoms with Crippen LogP contribution in [0.3, 0.4) is 0 Å². The Balaban J connectivity index is 2.90. The molecule has 0 heterocycles. The second-order valence-electron chi connectivity index (χ2n) is 4.54. The lowest BCUT2D eigenvalue weighted by atomic mass is 9.88. The van der Waals surface area contributed by atoms with Crippen LogP contribution in [0.5, 0.6) is 0 Å². The summed E-state index contributed by atoms with van der Waals surface area (Å²) in [6, 6.07) is 5.75. The van der Waals surface area contributed by atoms with Gasteiger partial charge in [0.05, 0.1) is 0 Å². The number of Topliss-reactive ketones (excluding diaryl/α,β-unsaturated/α-hetero) is 2. The van der Waals surface area contributed by atoms with Gasteiger partial charge in [-0.3, -0.25) is 9.59 Å². The number of carbonyl (C=O) groups is 2. The van der Waals surface area contributed by atoms with Crippen LogP contribution in [0.1, 0.15) is 38.7 Å². The van der Waals surface area contributed by atoms with Gasteiger partial charge in [0.25, 0.3) is 0 Å². The Hall–Kier alpha value is -1.51. The lowest BCUT2D eigenvalue weighted by Crippen LogP contribution is -2.17. The predicted molar refractivity (Wildman–Crippen MR) is 64.3 cm³/mol. The SMILES string of the molecule is CC(=O)C(CC(=O)C(C)C)c1ccc(F)cc1. The molecule has 2 nitrogen and oxygen atoms in total. The zero-order chi connectivity index (χ0) is 13.0. The van der Waals surface area contributed by atoms with Crippen LogP contribution in [0.25, 0.3) is 0 Å². The highest BCUT2D eigenvalue weighted by Crippen LogP contribution is 2.23. The van der Waals surface area contributed by atoms with Gasteiger partial charge in [0.1, 0.15) is 17.4 Å². The standard InChI is InChI=1S/C14H17FO2/c1-9(2)14(17)8-13(10(3)16)11-4-6-12(15)7-5-11/h4-7,9,13H,8H2,1-3H3. The van der Waals surface area contributed by atoms with Crippen LogP contribution in [-0.2, 0) is 9.59 Å². The van der Waals surface area contributed by atoms with Gasteiger partial charge in [-0.15, -0.1) is 0 Å². The van der Waals surface area contributed by atoms with E-state index in [2.05, 4.69) is 0 Å². The zero-order valence-electron chi connectivity index (χ0n) is 10.4. The van der Waals surface area contributed by atoms with Crippen LogP contribution in [0.2, 0.25) is 0 Å². The summed E-state index contributed by atoms with van der Waals surface area (Å²) >= 11 is 0. The molecule has 1 unspecified atom stereocenters. The second-order valence-corrected chi connectivity index (χ2v) is 4.54. The Labute approximate surface area is 101 Å². The van der Waals surface area contributed by atoms with E-state index in [4.69, 9.17) is 0 Å². The second kappa shape index (κ2) is 5.71. The molecule has 1 aromatic carbocycles. The summed E-state index contributed by atoms with van der Waals surface area (Å²) in [5.74, 6) is -0.894. The van der Waals surface area contributed by atoms with Gasteiger partial charge in [-0.1, -0.05) is 26.0 Å². The first kappa shape index (κ1) is 13.6. The first-order chi connectivity index (χ1) is 7.91. The molecule has 0 saturated carbocycles. The van der Waals surface area contributed by atoms with E-state index in [1.165, 1.54) is 19.1 Å². The number of carbonyl (C=O) groups excluding carboxylic acids is 2. The van der Waals surface area contributed by atoms with Crippen LogP contribution in [0.15, 0.2) is 24.3 Å². The minimum atomic E-state index is -0.453. The molecule has 0 spiro atoms.